The van der Waals surface area contributed by atoms with Gasteiger partial charge in [-0.05, 0) is 30.7 Å². The molecule has 1 aromatic carbocycles. The number of benzene rings is 1. The standard InChI is InChI=1S/C16H17N7O2/c1-8-6-10(4-5-11(8)14(24)18-3)20-16-19-7-12(13(17)21-16)15-23-22-9(2)25-15/h4-7H,1-3H3,(H,18,24)(H3,17,19,20,21). The van der Waals surface area contributed by atoms with Crippen molar-refractivity contribution in [2.45, 2.75) is 13.8 Å². The van der Waals surface area contributed by atoms with Gasteiger partial charge >= 0.3 is 0 Å². The Bertz CT molecular complexity index is 936. The largest absolute Gasteiger partial charge is 0.421 e. The molecule has 0 fully saturated rings. The average molecular weight is 339 g/mol. The Morgan fingerprint density at radius 1 is 1.24 bits per heavy atom. The van der Waals surface area contributed by atoms with Crippen LogP contribution in [-0.2, 0) is 0 Å². The summed E-state index contributed by atoms with van der Waals surface area (Å²) in [5.74, 6) is 1.11. The molecular formula is C16H17N7O2. The van der Waals surface area contributed by atoms with Crippen LogP contribution in [-0.4, -0.2) is 33.1 Å². The van der Waals surface area contributed by atoms with E-state index in [1.165, 1.54) is 6.20 Å². The van der Waals surface area contributed by atoms with E-state index in [-0.39, 0.29) is 17.6 Å². The van der Waals surface area contributed by atoms with Gasteiger partial charge in [0.25, 0.3) is 11.8 Å². The molecule has 2 heterocycles. The highest BCUT2D eigenvalue weighted by atomic mass is 16.4. The van der Waals surface area contributed by atoms with Crippen LogP contribution in [0.1, 0.15) is 21.8 Å². The van der Waals surface area contributed by atoms with Crippen molar-refractivity contribution >= 4 is 23.4 Å². The van der Waals surface area contributed by atoms with Crippen LogP contribution in [0.15, 0.2) is 28.8 Å². The molecule has 0 aliphatic carbocycles. The molecule has 0 radical (unpaired) electrons. The van der Waals surface area contributed by atoms with Gasteiger partial charge in [-0.3, -0.25) is 4.79 Å². The number of amides is 1. The van der Waals surface area contributed by atoms with E-state index in [2.05, 4.69) is 30.8 Å². The number of nitrogens with two attached hydrogens (primary N) is 1. The molecule has 2 aromatic heterocycles. The maximum Gasteiger partial charge on any atom is 0.253 e. The number of carbonyl (C=O) groups excluding carboxylic acids is 1. The summed E-state index contributed by atoms with van der Waals surface area (Å²) >= 11 is 0. The summed E-state index contributed by atoms with van der Waals surface area (Å²) in [4.78, 5) is 20.2. The average Bonchev–Trinajstić information content (AvgIpc) is 3.00. The second-order valence-electron chi connectivity index (χ2n) is 5.35. The molecule has 1 amide bonds. The quantitative estimate of drug-likeness (QED) is 0.656. The molecule has 0 aliphatic rings. The second kappa shape index (κ2) is 6.56. The van der Waals surface area contributed by atoms with E-state index >= 15 is 0 Å². The summed E-state index contributed by atoms with van der Waals surface area (Å²) in [7, 11) is 1.59. The Hall–Kier alpha value is -3.49. The third kappa shape index (κ3) is 3.39. The maximum atomic E-state index is 11.7. The van der Waals surface area contributed by atoms with Gasteiger partial charge in [0.05, 0.1) is 5.56 Å². The summed E-state index contributed by atoms with van der Waals surface area (Å²) in [6, 6.07) is 5.33. The molecule has 3 aromatic rings. The molecule has 4 N–H and O–H groups in total. The minimum Gasteiger partial charge on any atom is -0.421 e. The van der Waals surface area contributed by atoms with E-state index in [9.17, 15) is 4.79 Å². The zero-order valence-corrected chi connectivity index (χ0v) is 14.0. The second-order valence-corrected chi connectivity index (χ2v) is 5.35. The summed E-state index contributed by atoms with van der Waals surface area (Å²) in [6.07, 6.45) is 1.52. The predicted molar refractivity (Wildman–Crippen MR) is 92.3 cm³/mol. The highest BCUT2D eigenvalue weighted by Crippen LogP contribution is 2.24. The summed E-state index contributed by atoms with van der Waals surface area (Å²) in [5.41, 5.74) is 8.60. The zero-order chi connectivity index (χ0) is 18.0. The molecule has 0 spiro atoms. The van der Waals surface area contributed by atoms with E-state index in [0.29, 0.717) is 23.0 Å². The van der Waals surface area contributed by atoms with E-state index in [1.54, 1.807) is 26.1 Å². The van der Waals surface area contributed by atoms with Crippen molar-refractivity contribution in [2.75, 3.05) is 18.1 Å². The smallest absolute Gasteiger partial charge is 0.253 e. The van der Waals surface area contributed by atoms with Crippen molar-refractivity contribution in [1.82, 2.24) is 25.5 Å². The van der Waals surface area contributed by atoms with E-state index in [0.717, 1.165) is 11.3 Å². The van der Waals surface area contributed by atoms with Crippen LogP contribution in [0.25, 0.3) is 11.5 Å². The van der Waals surface area contributed by atoms with Crippen molar-refractivity contribution in [3.8, 4) is 11.5 Å². The Balaban J connectivity index is 1.83. The molecule has 9 nitrogen and oxygen atoms in total. The number of hydrogen-bond acceptors (Lipinski definition) is 8. The lowest BCUT2D eigenvalue weighted by atomic mass is 10.1. The van der Waals surface area contributed by atoms with Gasteiger partial charge in [-0.15, -0.1) is 10.2 Å². The Kier molecular flexibility index (Phi) is 4.29. The lowest BCUT2D eigenvalue weighted by molar-refractivity contribution is 0.0962. The van der Waals surface area contributed by atoms with Crippen LogP contribution >= 0.6 is 0 Å². The third-order valence-corrected chi connectivity index (χ3v) is 3.53. The number of nitrogen functional groups attached to an aromatic ring is 1. The summed E-state index contributed by atoms with van der Waals surface area (Å²) in [6.45, 7) is 3.54. The first-order valence-electron chi connectivity index (χ1n) is 7.50. The molecule has 25 heavy (non-hydrogen) atoms. The highest BCUT2D eigenvalue weighted by Gasteiger charge is 2.13. The first kappa shape index (κ1) is 16.4. The van der Waals surface area contributed by atoms with Crippen molar-refractivity contribution in [3.05, 3.63) is 41.4 Å². The first-order chi connectivity index (χ1) is 12.0. The molecule has 0 bridgehead atoms. The molecular weight excluding hydrogens is 322 g/mol. The number of aryl methyl sites for hydroxylation is 2. The van der Waals surface area contributed by atoms with Crippen molar-refractivity contribution in [3.63, 3.8) is 0 Å². The normalized spacial score (nSPS) is 10.5. The van der Waals surface area contributed by atoms with Crippen LogP contribution in [0, 0.1) is 13.8 Å². The molecule has 9 heteroatoms. The molecule has 0 unspecified atom stereocenters. The lowest BCUT2D eigenvalue weighted by Gasteiger charge is -2.09. The lowest BCUT2D eigenvalue weighted by Crippen LogP contribution is -2.18. The van der Waals surface area contributed by atoms with Crippen LogP contribution < -0.4 is 16.4 Å². The number of hydrogen-bond donors (Lipinski definition) is 3. The van der Waals surface area contributed by atoms with Crippen LogP contribution in [0.5, 0.6) is 0 Å². The van der Waals surface area contributed by atoms with Gasteiger partial charge in [0.2, 0.25) is 11.8 Å². The third-order valence-electron chi connectivity index (χ3n) is 3.53. The fourth-order valence-electron chi connectivity index (χ4n) is 2.29. The minimum absolute atomic E-state index is 0.135. The Labute approximate surface area is 143 Å². The van der Waals surface area contributed by atoms with Gasteiger partial charge < -0.3 is 20.8 Å². The Morgan fingerprint density at radius 3 is 2.64 bits per heavy atom. The molecule has 3 rings (SSSR count). The van der Waals surface area contributed by atoms with Gasteiger partial charge in [0, 0.05) is 31.4 Å². The number of anilines is 3. The Morgan fingerprint density at radius 2 is 2.04 bits per heavy atom. The number of nitrogens with zero attached hydrogens (tertiary/aromatic N) is 4. The van der Waals surface area contributed by atoms with Crippen LogP contribution in [0.4, 0.5) is 17.5 Å². The first-order valence-corrected chi connectivity index (χ1v) is 7.50. The number of rotatable bonds is 4. The highest BCUT2D eigenvalue weighted by molar-refractivity contribution is 5.95. The van der Waals surface area contributed by atoms with Gasteiger partial charge in [0.1, 0.15) is 5.82 Å². The SMILES string of the molecule is CNC(=O)c1ccc(Nc2ncc(-c3nnc(C)o3)c(N)n2)cc1C. The summed E-state index contributed by atoms with van der Waals surface area (Å²) < 4.78 is 5.33. The van der Waals surface area contributed by atoms with Crippen molar-refractivity contribution < 1.29 is 9.21 Å². The van der Waals surface area contributed by atoms with Gasteiger partial charge in [-0.25, -0.2) is 4.98 Å². The fourth-order valence-corrected chi connectivity index (χ4v) is 2.29. The van der Waals surface area contributed by atoms with Crippen LogP contribution in [0.2, 0.25) is 0 Å². The predicted octanol–water partition coefficient (Wildman–Crippen LogP) is 1.83. The van der Waals surface area contributed by atoms with Crippen molar-refractivity contribution in [1.29, 1.82) is 0 Å². The zero-order valence-electron chi connectivity index (χ0n) is 14.0. The van der Waals surface area contributed by atoms with E-state index < -0.39 is 0 Å². The minimum atomic E-state index is -0.135. The molecule has 0 saturated heterocycles. The summed E-state index contributed by atoms with van der Waals surface area (Å²) in [5, 5.41) is 13.3. The number of aromatic nitrogens is 4. The molecule has 0 atom stereocenters. The topological polar surface area (TPSA) is 132 Å². The maximum absolute atomic E-state index is 11.7. The van der Waals surface area contributed by atoms with Crippen LogP contribution in [0.3, 0.4) is 0 Å². The van der Waals surface area contributed by atoms with E-state index in [4.69, 9.17) is 10.2 Å². The van der Waals surface area contributed by atoms with Gasteiger partial charge in [-0.1, -0.05) is 0 Å². The number of nitrogens with one attached hydrogen (secondary N) is 2. The molecule has 0 aliphatic heterocycles. The van der Waals surface area contributed by atoms with Gasteiger partial charge in [-0.2, -0.15) is 4.98 Å². The van der Waals surface area contributed by atoms with E-state index in [1.807, 2.05) is 13.0 Å². The van der Waals surface area contributed by atoms with Gasteiger partial charge in [0.15, 0.2) is 0 Å². The molecule has 0 saturated carbocycles. The monoisotopic (exact) mass is 339 g/mol. The fraction of sp³-hybridized carbons (Fsp3) is 0.188. The molecule has 128 valence electrons. The number of carbonyl (C=O) groups is 1. The van der Waals surface area contributed by atoms with Crippen molar-refractivity contribution in [2.24, 2.45) is 0 Å².